The van der Waals surface area contributed by atoms with Crippen molar-refractivity contribution in [3.05, 3.63) is 84.0 Å². The second kappa shape index (κ2) is 9.26. The van der Waals surface area contributed by atoms with Crippen LogP contribution in [0.2, 0.25) is 0 Å². The van der Waals surface area contributed by atoms with Gasteiger partial charge in [-0.2, -0.15) is 0 Å². The van der Waals surface area contributed by atoms with E-state index in [2.05, 4.69) is 41.3 Å². The third-order valence-electron chi connectivity index (χ3n) is 7.79. The Labute approximate surface area is 211 Å². The highest BCUT2D eigenvalue weighted by atomic mass is 16.6. The molecule has 0 radical (unpaired) electrons. The summed E-state index contributed by atoms with van der Waals surface area (Å²) < 4.78 is 24.9. The number of hydrogen-bond donors (Lipinski definition) is 0. The van der Waals surface area contributed by atoms with Crippen molar-refractivity contribution in [3.8, 4) is 0 Å². The highest BCUT2D eigenvalue weighted by Crippen LogP contribution is 2.46. The monoisotopic (exact) mass is 482 g/mol. The third kappa shape index (κ3) is 3.76. The number of benzene rings is 2. The summed E-state index contributed by atoms with van der Waals surface area (Å²) in [4.78, 5) is 7.64. The van der Waals surface area contributed by atoms with Gasteiger partial charge in [-0.05, 0) is 43.4 Å². The lowest BCUT2D eigenvalue weighted by atomic mass is 9.91. The van der Waals surface area contributed by atoms with Crippen molar-refractivity contribution < 1.29 is 18.9 Å². The SMILES string of the molecule is C1=COC(c2c(C3COC4CCCCC4O3)c(N3CCCc4ccccc43)nc3ccccc23)=CO1. The molecule has 6 nitrogen and oxygen atoms in total. The van der Waals surface area contributed by atoms with Crippen LogP contribution in [0, 0.1) is 0 Å². The number of fused-ring (bicyclic) bond motifs is 3. The fraction of sp³-hybridized carbons (Fsp3) is 0.367. The van der Waals surface area contributed by atoms with Crippen LogP contribution in [0.15, 0.2) is 67.3 Å². The fourth-order valence-electron chi connectivity index (χ4n) is 6.15. The van der Waals surface area contributed by atoms with Crippen molar-refractivity contribution in [2.24, 2.45) is 0 Å². The lowest BCUT2D eigenvalue weighted by molar-refractivity contribution is -0.194. The molecule has 2 fully saturated rings. The Morgan fingerprint density at radius 3 is 2.67 bits per heavy atom. The summed E-state index contributed by atoms with van der Waals surface area (Å²) in [6, 6.07) is 16.9. The standard InChI is InChI=1S/C30H30N2O4/c1-4-12-23-20(8-1)9-7-15-32(23)30-29(27-19-35-24-13-5-6-14-25(24)36-27)28(26-18-33-16-17-34-26)21-10-2-3-11-22(21)31-30/h1-4,8,10-12,16-18,24-25,27H,5-7,9,13-15,19H2. The van der Waals surface area contributed by atoms with E-state index in [1.165, 1.54) is 24.1 Å². The maximum Gasteiger partial charge on any atom is 0.170 e. The number of pyridine rings is 1. The summed E-state index contributed by atoms with van der Waals surface area (Å²) in [5, 5.41) is 1.01. The van der Waals surface area contributed by atoms with E-state index in [1.807, 2.05) is 12.1 Å². The molecule has 3 unspecified atom stereocenters. The van der Waals surface area contributed by atoms with Crippen LogP contribution in [0.25, 0.3) is 16.7 Å². The molecular weight excluding hydrogens is 452 g/mol. The molecule has 0 amide bonds. The molecule has 3 atom stereocenters. The van der Waals surface area contributed by atoms with E-state index in [9.17, 15) is 0 Å². The lowest BCUT2D eigenvalue weighted by Crippen LogP contribution is -2.42. The van der Waals surface area contributed by atoms with Crippen molar-refractivity contribution >= 4 is 28.2 Å². The van der Waals surface area contributed by atoms with Gasteiger partial charge in [0, 0.05) is 28.7 Å². The molecule has 0 spiro atoms. The maximum absolute atomic E-state index is 6.84. The van der Waals surface area contributed by atoms with Gasteiger partial charge in [0.25, 0.3) is 0 Å². The Hall–Kier alpha value is -3.35. The van der Waals surface area contributed by atoms with E-state index in [4.69, 9.17) is 23.9 Å². The molecule has 3 aliphatic heterocycles. The molecule has 1 aliphatic carbocycles. The van der Waals surface area contributed by atoms with Gasteiger partial charge in [-0.15, -0.1) is 0 Å². The maximum atomic E-state index is 6.84. The Balaban J connectivity index is 1.45. The molecule has 4 aliphatic rings. The summed E-state index contributed by atoms with van der Waals surface area (Å²) in [6.45, 7) is 1.39. The number of nitrogens with zero attached hydrogens (tertiary/aromatic N) is 2. The third-order valence-corrected chi connectivity index (χ3v) is 7.79. The highest BCUT2D eigenvalue weighted by molar-refractivity contribution is 5.95. The summed E-state index contributed by atoms with van der Waals surface area (Å²) in [5.41, 5.74) is 5.45. The zero-order valence-electron chi connectivity index (χ0n) is 20.3. The average molecular weight is 483 g/mol. The number of para-hydroxylation sites is 2. The number of aromatic nitrogens is 1. The summed E-state index contributed by atoms with van der Waals surface area (Å²) >= 11 is 0. The molecule has 1 saturated heterocycles. The molecule has 3 aromatic rings. The first-order valence-electron chi connectivity index (χ1n) is 13.1. The van der Waals surface area contributed by atoms with Gasteiger partial charge >= 0.3 is 0 Å². The normalized spacial score (nSPS) is 25.4. The number of aryl methyl sites for hydroxylation is 1. The van der Waals surface area contributed by atoms with Gasteiger partial charge in [0.2, 0.25) is 0 Å². The molecule has 36 heavy (non-hydrogen) atoms. The fourth-order valence-corrected chi connectivity index (χ4v) is 6.15. The van der Waals surface area contributed by atoms with E-state index in [0.717, 1.165) is 60.1 Å². The van der Waals surface area contributed by atoms with Crippen LogP contribution in [-0.2, 0) is 25.4 Å². The van der Waals surface area contributed by atoms with Crippen molar-refractivity contribution in [2.75, 3.05) is 18.1 Å². The Morgan fingerprint density at radius 1 is 0.889 bits per heavy atom. The van der Waals surface area contributed by atoms with E-state index in [-0.39, 0.29) is 18.3 Å². The van der Waals surface area contributed by atoms with Gasteiger partial charge in [0.15, 0.2) is 5.76 Å². The molecule has 4 heterocycles. The molecular formula is C30H30N2O4. The van der Waals surface area contributed by atoms with Gasteiger partial charge in [-0.25, -0.2) is 4.98 Å². The van der Waals surface area contributed by atoms with E-state index >= 15 is 0 Å². The van der Waals surface area contributed by atoms with Crippen LogP contribution in [-0.4, -0.2) is 30.3 Å². The molecule has 0 bridgehead atoms. The van der Waals surface area contributed by atoms with E-state index in [0.29, 0.717) is 12.4 Å². The minimum atomic E-state index is -0.254. The second-order valence-electron chi connectivity index (χ2n) is 9.95. The van der Waals surface area contributed by atoms with Crippen LogP contribution in [0.3, 0.4) is 0 Å². The average Bonchev–Trinajstić information content (AvgIpc) is 2.96. The first-order chi connectivity index (χ1) is 17.9. The molecule has 6 heteroatoms. The predicted octanol–water partition coefficient (Wildman–Crippen LogP) is 6.53. The molecule has 0 N–H and O–H groups in total. The van der Waals surface area contributed by atoms with Crippen LogP contribution >= 0.6 is 0 Å². The van der Waals surface area contributed by atoms with Gasteiger partial charge in [-0.3, -0.25) is 0 Å². The van der Waals surface area contributed by atoms with Crippen molar-refractivity contribution in [3.63, 3.8) is 0 Å². The smallest absolute Gasteiger partial charge is 0.170 e. The Kier molecular flexibility index (Phi) is 5.63. The van der Waals surface area contributed by atoms with Crippen LogP contribution in [0.5, 0.6) is 0 Å². The first kappa shape index (κ1) is 21.9. The quantitative estimate of drug-likeness (QED) is 0.423. The Bertz CT molecular complexity index is 1350. The number of hydrogen-bond acceptors (Lipinski definition) is 6. The molecule has 2 aromatic carbocycles. The summed E-state index contributed by atoms with van der Waals surface area (Å²) in [6.07, 6.45) is 11.5. The Morgan fingerprint density at radius 2 is 1.75 bits per heavy atom. The first-order valence-corrected chi connectivity index (χ1v) is 13.1. The summed E-state index contributed by atoms with van der Waals surface area (Å²) in [5.74, 6) is 1.57. The largest absolute Gasteiger partial charge is 0.465 e. The van der Waals surface area contributed by atoms with Gasteiger partial charge in [0.05, 0.1) is 24.3 Å². The number of rotatable bonds is 3. The zero-order valence-corrected chi connectivity index (χ0v) is 20.3. The van der Waals surface area contributed by atoms with Gasteiger partial charge in [0.1, 0.15) is 30.7 Å². The van der Waals surface area contributed by atoms with Crippen LogP contribution < -0.4 is 4.90 Å². The molecule has 7 rings (SSSR count). The second-order valence-corrected chi connectivity index (χ2v) is 9.95. The predicted molar refractivity (Wildman–Crippen MR) is 139 cm³/mol. The van der Waals surface area contributed by atoms with E-state index in [1.54, 1.807) is 18.8 Å². The van der Waals surface area contributed by atoms with Crippen LogP contribution in [0.1, 0.15) is 54.9 Å². The van der Waals surface area contributed by atoms with E-state index < -0.39 is 0 Å². The zero-order chi connectivity index (χ0) is 23.9. The van der Waals surface area contributed by atoms with Crippen molar-refractivity contribution in [1.29, 1.82) is 0 Å². The topological polar surface area (TPSA) is 53.0 Å². The van der Waals surface area contributed by atoms with Crippen molar-refractivity contribution in [2.45, 2.75) is 56.8 Å². The molecule has 1 aromatic heterocycles. The minimum absolute atomic E-state index is 0.107. The van der Waals surface area contributed by atoms with Crippen LogP contribution in [0.4, 0.5) is 11.5 Å². The number of anilines is 2. The highest BCUT2D eigenvalue weighted by Gasteiger charge is 2.39. The minimum Gasteiger partial charge on any atom is -0.465 e. The molecule has 184 valence electrons. The molecule has 1 saturated carbocycles. The lowest BCUT2D eigenvalue weighted by Gasteiger charge is -2.41. The van der Waals surface area contributed by atoms with Gasteiger partial charge < -0.3 is 23.8 Å². The van der Waals surface area contributed by atoms with Gasteiger partial charge in [-0.1, -0.05) is 49.2 Å². The number of ether oxygens (including phenoxy) is 4. The summed E-state index contributed by atoms with van der Waals surface area (Å²) in [7, 11) is 0. The van der Waals surface area contributed by atoms with Crippen molar-refractivity contribution in [1.82, 2.24) is 4.98 Å².